The number of aryl methyl sites for hydroxylation is 1. The first kappa shape index (κ1) is 15.2. The Morgan fingerprint density at radius 2 is 2.10 bits per heavy atom. The molecule has 2 rings (SSSR count). The number of nitrogens with zero attached hydrogens (tertiary/aromatic N) is 3. The normalized spacial score (nSPS) is 11.7. The van der Waals surface area contributed by atoms with Crippen molar-refractivity contribution in [3.63, 3.8) is 0 Å². The smallest absolute Gasteiger partial charge is 0.153 e. The van der Waals surface area contributed by atoms with Crippen LogP contribution < -0.4 is 0 Å². The summed E-state index contributed by atoms with van der Waals surface area (Å²) in [7, 11) is 2.00. The topological polar surface area (TPSA) is 21.1 Å². The zero-order valence-electron chi connectivity index (χ0n) is 11.7. The third kappa shape index (κ3) is 3.10. The fourth-order valence-corrected chi connectivity index (χ4v) is 2.32. The van der Waals surface area contributed by atoms with Crippen molar-refractivity contribution in [2.24, 2.45) is 0 Å². The molecule has 1 aromatic heterocycles. The Morgan fingerprint density at radius 1 is 1.35 bits per heavy atom. The lowest BCUT2D eigenvalue weighted by Crippen LogP contribution is -2.23. The van der Waals surface area contributed by atoms with Crippen LogP contribution in [0.15, 0.2) is 12.1 Å². The fraction of sp³-hybridized carbons (Fsp3) is 0.500. The highest BCUT2D eigenvalue weighted by Gasteiger charge is 2.15. The van der Waals surface area contributed by atoms with Crippen molar-refractivity contribution < 1.29 is 8.78 Å². The van der Waals surface area contributed by atoms with E-state index >= 15 is 0 Å². The van der Waals surface area contributed by atoms with Crippen LogP contribution in [0.5, 0.6) is 0 Å². The van der Waals surface area contributed by atoms with Crippen LogP contribution in [0.4, 0.5) is 8.78 Å². The minimum Gasteiger partial charge on any atom is -0.326 e. The number of hydrogen-bond donors (Lipinski definition) is 0. The minimum absolute atomic E-state index is 0.214. The molecule has 0 aliphatic heterocycles. The third-order valence-electron chi connectivity index (χ3n) is 3.41. The van der Waals surface area contributed by atoms with E-state index in [-0.39, 0.29) is 5.52 Å². The molecule has 0 saturated heterocycles. The third-order valence-corrected chi connectivity index (χ3v) is 3.60. The molecule has 2 aromatic rings. The Bertz CT molecular complexity index is 598. The minimum atomic E-state index is -0.626. The van der Waals surface area contributed by atoms with Crippen molar-refractivity contribution >= 4 is 22.6 Å². The zero-order chi connectivity index (χ0) is 14.7. The van der Waals surface area contributed by atoms with E-state index in [4.69, 9.17) is 11.6 Å². The van der Waals surface area contributed by atoms with Crippen LogP contribution >= 0.6 is 11.6 Å². The summed E-state index contributed by atoms with van der Waals surface area (Å²) in [5.41, 5.74) is 0.706. The van der Waals surface area contributed by atoms with Gasteiger partial charge in [-0.3, -0.25) is 0 Å². The molecule has 20 heavy (non-hydrogen) atoms. The SMILES string of the molecule is CCN(C)CCn1c(CCCl)nc2c(F)cc(F)cc21. The van der Waals surface area contributed by atoms with Crippen LogP contribution in [-0.4, -0.2) is 40.5 Å². The van der Waals surface area contributed by atoms with Crippen molar-refractivity contribution in [2.45, 2.75) is 19.9 Å². The summed E-state index contributed by atoms with van der Waals surface area (Å²) < 4.78 is 29.1. The summed E-state index contributed by atoms with van der Waals surface area (Å²) in [6.45, 7) is 4.40. The predicted molar refractivity (Wildman–Crippen MR) is 77.2 cm³/mol. The van der Waals surface area contributed by atoms with Crippen LogP contribution in [0.2, 0.25) is 0 Å². The van der Waals surface area contributed by atoms with E-state index in [1.54, 1.807) is 0 Å². The maximum atomic E-state index is 13.8. The van der Waals surface area contributed by atoms with Crippen molar-refractivity contribution in [2.75, 3.05) is 26.0 Å². The Balaban J connectivity index is 2.44. The van der Waals surface area contributed by atoms with E-state index in [0.717, 1.165) is 19.2 Å². The number of aromatic nitrogens is 2. The van der Waals surface area contributed by atoms with Gasteiger partial charge in [0.1, 0.15) is 17.2 Å². The number of hydrogen-bond acceptors (Lipinski definition) is 2. The molecule has 1 aromatic carbocycles. The number of benzene rings is 1. The summed E-state index contributed by atoms with van der Waals surface area (Å²) in [5, 5.41) is 0. The molecule has 0 unspecified atom stereocenters. The van der Waals surface area contributed by atoms with Crippen LogP contribution in [0.25, 0.3) is 11.0 Å². The van der Waals surface area contributed by atoms with Gasteiger partial charge in [-0.2, -0.15) is 0 Å². The summed E-state index contributed by atoms with van der Waals surface area (Å²) in [4.78, 5) is 6.40. The molecule has 3 nitrogen and oxygen atoms in total. The summed E-state index contributed by atoms with van der Waals surface area (Å²) in [6, 6.07) is 2.19. The molecule has 0 saturated carbocycles. The molecule has 6 heteroatoms. The van der Waals surface area contributed by atoms with E-state index in [1.165, 1.54) is 6.07 Å². The first-order chi connectivity index (χ1) is 9.56. The number of rotatable bonds is 6. The summed E-state index contributed by atoms with van der Waals surface area (Å²) in [5.74, 6) is -0.114. The van der Waals surface area contributed by atoms with E-state index in [9.17, 15) is 8.78 Å². The van der Waals surface area contributed by atoms with Crippen LogP contribution in [-0.2, 0) is 13.0 Å². The lowest BCUT2D eigenvalue weighted by molar-refractivity contribution is 0.335. The van der Waals surface area contributed by atoms with Gasteiger partial charge in [-0.25, -0.2) is 13.8 Å². The van der Waals surface area contributed by atoms with Crippen LogP contribution in [0, 0.1) is 11.6 Å². The average Bonchev–Trinajstić information content (AvgIpc) is 2.74. The molecule has 1 heterocycles. The van der Waals surface area contributed by atoms with Crippen molar-refractivity contribution in [1.82, 2.24) is 14.5 Å². The fourth-order valence-electron chi connectivity index (χ4n) is 2.15. The largest absolute Gasteiger partial charge is 0.326 e. The molecule has 0 N–H and O–H groups in total. The molecule has 0 aliphatic carbocycles. The monoisotopic (exact) mass is 301 g/mol. The van der Waals surface area contributed by atoms with E-state index < -0.39 is 11.6 Å². The van der Waals surface area contributed by atoms with Crippen LogP contribution in [0.3, 0.4) is 0 Å². The molecule has 0 spiro atoms. The van der Waals surface area contributed by atoms with E-state index in [2.05, 4.69) is 16.8 Å². The second kappa shape index (κ2) is 6.50. The molecule has 0 aliphatic rings. The average molecular weight is 302 g/mol. The first-order valence-corrected chi connectivity index (χ1v) is 7.19. The summed E-state index contributed by atoms with van der Waals surface area (Å²) >= 11 is 5.77. The zero-order valence-corrected chi connectivity index (χ0v) is 12.4. The number of halogens is 3. The Hall–Kier alpha value is -1.20. The van der Waals surface area contributed by atoms with Gasteiger partial charge in [0.15, 0.2) is 5.82 Å². The molecule has 110 valence electrons. The van der Waals surface area contributed by atoms with Crippen LogP contribution in [0.1, 0.15) is 12.7 Å². The lowest BCUT2D eigenvalue weighted by atomic mass is 10.3. The molecule has 0 fully saturated rings. The number of likely N-dealkylation sites (N-methyl/N-ethyl adjacent to an activating group) is 1. The lowest BCUT2D eigenvalue weighted by Gasteiger charge is -2.16. The first-order valence-electron chi connectivity index (χ1n) is 6.65. The highest BCUT2D eigenvalue weighted by atomic mass is 35.5. The molecule has 0 atom stereocenters. The van der Waals surface area contributed by atoms with Gasteiger partial charge in [-0.1, -0.05) is 6.92 Å². The second-order valence-corrected chi connectivity index (χ2v) is 5.15. The van der Waals surface area contributed by atoms with Crippen molar-refractivity contribution in [3.8, 4) is 0 Å². The molecule has 0 bridgehead atoms. The van der Waals surface area contributed by atoms with Gasteiger partial charge in [0.05, 0.1) is 5.52 Å². The van der Waals surface area contributed by atoms with Gasteiger partial charge in [-0.05, 0) is 19.7 Å². The Kier molecular flexibility index (Phi) is 4.94. The standard InChI is InChI=1S/C14H18ClF2N3/c1-3-19(2)6-7-20-12-9-10(16)8-11(17)14(12)18-13(20)4-5-15/h8-9H,3-7H2,1-2H3. The maximum Gasteiger partial charge on any atom is 0.153 e. The highest BCUT2D eigenvalue weighted by molar-refractivity contribution is 6.17. The molecular formula is C14H18ClF2N3. The number of imidazole rings is 1. The van der Waals surface area contributed by atoms with E-state index in [1.807, 2.05) is 11.6 Å². The Morgan fingerprint density at radius 3 is 2.75 bits per heavy atom. The highest BCUT2D eigenvalue weighted by Crippen LogP contribution is 2.21. The molecule has 0 radical (unpaired) electrons. The number of alkyl halides is 1. The van der Waals surface area contributed by atoms with Gasteiger partial charge in [-0.15, -0.1) is 11.6 Å². The van der Waals surface area contributed by atoms with Gasteiger partial charge in [0.2, 0.25) is 0 Å². The van der Waals surface area contributed by atoms with E-state index in [0.29, 0.717) is 30.2 Å². The molecule has 0 amide bonds. The predicted octanol–water partition coefficient (Wildman–Crippen LogP) is 3.05. The summed E-state index contributed by atoms with van der Waals surface area (Å²) in [6.07, 6.45) is 0.535. The van der Waals surface area contributed by atoms with Gasteiger partial charge in [0.25, 0.3) is 0 Å². The number of fused-ring (bicyclic) bond motifs is 1. The quantitative estimate of drug-likeness (QED) is 0.765. The van der Waals surface area contributed by atoms with Gasteiger partial charge >= 0.3 is 0 Å². The second-order valence-electron chi connectivity index (χ2n) is 4.77. The van der Waals surface area contributed by atoms with Gasteiger partial charge < -0.3 is 9.47 Å². The van der Waals surface area contributed by atoms with Crippen molar-refractivity contribution in [1.29, 1.82) is 0 Å². The Labute approximate surface area is 122 Å². The molecular weight excluding hydrogens is 284 g/mol. The van der Waals surface area contributed by atoms with Crippen molar-refractivity contribution in [3.05, 3.63) is 29.6 Å². The maximum absolute atomic E-state index is 13.8. The van der Waals surface area contributed by atoms with Gasteiger partial charge in [0, 0.05) is 31.5 Å².